The summed E-state index contributed by atoms with van der Waals surface area (Å²) < 4.78 is 54.9. The van der Waals surface area contributed by atoms with Gasteiger partial charge in [-0.05, 0) is 44.5 Å². The van der Waals surface area contributed by atoms with E-state index in [9.17, 15) is 17.2 Å². The number of para-hydroxylation sites is 1. The van der Waals surface area contributed by atoms with Crippen molar-refractivity contribution in [3.8, 4) is 0 Å². The first-order valence-corrected chi connectivity index (χ1v) is 8.24. The number of halogens is 2. The summed E-state index contributed by atoms with van der Waals surface area (Å²) in [6.07, 6.45) is 1.66. The molecule has 1 atom stereocenters. The van der Waals surface area contributed by atoms with Crippen molar-refractivity contribution in [3.63, 3.8) is 0 Å². The van der Waals surface area contributed by atoms with Gasteiger partial charge in [0.05, 0.1) is 0 Å². The maximum absolute atomic E-state index is 13.5. The Morgan fingerprint density at radius 2 is 2.00 bits per heavy atom. The Morgan fingerprint density at radius 3 is 2.62 bits per heavy atom. The normalized spacial score (nSPS) is 20.4. The van der Waals surface area contributed by atoms with Crippen LogP contribution in [0.4, 0.5) is 14.5 Å². The third kappa shape index (κ3) is 3.90. The van der Waals surface area contributed by atoms with Gasteiger partial charge in [-0.3, -0.25) is 4.72 Å². The van der Waals surface area contributed by atoms with E-state index in [1.165, 1.54) is 10.4 Å². The standard InChI is InChI=1S/C13H19F2N3O2S/c1-16-8-10-4-3-7-18(9-10)21(19,20)17-13-11(14)5-2-6-12(13)15/h2,5-6,10,16-17H,3-4,7-9H2,1H3. The predicted molar refractivity (Wildman–Crippen MR) is 77.1 cm³/mol. The molecule has 0 aromatic heterocycles. The summed E-state index contributed by atoms with van der Waals surface area (Å²) in [7, 11) is -2.15. The summed E-state index contributed by atoms with van der Waals surface area (Å²) in [6, 6.07) is 3.22. The van der Waals surface area contributed by atoms with E-state index < -0.39 is 27.5 Å². The highest BCUT2D eigenvalue weighted by atomic mass is 32.2. The van der Waals surface area contributed by atoms with Gasteiger partial charge >= 0.3 is 10.2 Å². The van der Waals surface area contributed by atoms with Crippen molar-refractivity contribution in [1.82, 2.24) is 9.62 Å². The number of anilines is 1. The maximum Gasteiger partial charge on any atom is 0.301 e. The molecule has 1 heterocycles. The molecule has 1 aliphatic rings. The monoisotopic (exact) mass is 319 g/mol. The average Bonchev–Trinajstić information content (AvgIpc) is 2.44. The van der Waals surface area contributed by atoms with Crippen LogP contribution in [0.2, 0.25) is 0 Å². The number of hydrogen-bond acceptors (Lipinski definition) is 3. The highest BCUT2D eigenvalue weighted by Gasteiger charge is 2.29. The molecular weight excluding hydrogens is 300 g/mol. The Morgan fingerprint density at radius 1 is 1.33 bits per heavy atom. The zero-order valence-electron chi connectivity index (χ0n) is 11.8. The fourth-order valence-corrected chi connectivity index (χ4v) is 3.85. The molecule has 2 rings (SSSR count). The molecule has 1 aromatic rings. The topological polar surface area (TPSA) is 61.4 Å². The van der Waals surface area contributed by atoms with E-state index in [4.69, 9.17) is 0 Å². The Bertz CT molecular complexity index is 573. The predicted octanol–water partition coefficient (Wildman–Crippen LogP) is 1.55. The molecule has 5 nitrogen and oxygen atoms in total. The second kappa shape index (κ2) is 6.67. The summed E-state index contributed by atoms with van der Waals surface area (Å²) in [5.41, 5.74) is -0.631. The Kier molecular flexibility index (Phi) is 5.13. The minimum Gasteiger partial charge on any atom is -0.319 e. The van der Waals surface area contributed by atoms with Gasteiger partial charge in [0.15, 0.2) is 0 Å². The van der Waals surface area contributed by atoms with Crippen molar-refractivity contribution in [2.24, 2.45) is 5.92 Å². The lowest BCUT2D eigenvalue weighted by atomic mass is 10.00. The molecule has 118 valence electrons. The highest BCUT2D eigenvalue weighted by Crippen LogP contribution is 2.23. The van der Waals surface area contributed by atoms with Crippen molar-refractivity contribution >= 4 is 15.9 Å². The number of rotatable bonds is 5. The molecule has 1 fully saturated rings. The fourth-order valence-electron chi connectivity index (χ4n) is 2.49. The Hall–Kier alpha value is -1.25. The highest BCUT2D eigenvalue weighted by molar-refractivity contribution is 7.90. The number of nitrogens with zero attached hydrogens (tertiary/aromatic N) is 1. The van der Waals surface area contributed by atoms with Gasteiger partial charge in [-0.1, -0.05) is 6.07 Å². The first-order valence-electron chi connectivity index (χ1n) is 6.80. The van der Waals surface area contributed by atoms with E-state index in [1.54, 1.807) is 7.05 Å². The van der Waals surface area contributed by atoms with Crippen molar-refractivity contribution < 1.29 is 17.2 Å². The van der Waals surface area contributed by atoms with Crippen LogP contribution in [0.25, 0.3) is 0 Å². The van der Waals surface area contributed by atoms with Crippen molar-refractivity contribution in [2.45, 2.75) is 12.8 Å². The molecule has 8 heteroatoms. The Labute approximate surface area is 123 Å². The molecule has 0 spiro atoms. The molecule has 0 saturated carbocycles. The first-order chi connectivity index (χ1) is 9.94. The summed E-state index contributed by atoms with van der Waals surface area (Å²) >= 11 is 0. The molecule has 1 aromatic carbocycles. The van der Waals surface area contributed by atoms with Crippen LogP contribution in [0.3, 0.4) is 0 Å². The van der Waals surface area contributed by atoms with E-state index in [-0.39, 0.29) is 5.92 Å². The van der Waals surface area contributed by atoms with Gasteiger partial charge in [-0.2, -0.15) is 12.7 Å². The van der Waals surface area contributed by atoms with Gasteiger partial charge in [-0.25, -0.2) is 8.78 Å². The van der Waals surface area contributed by atoms with E-state index in [2.05, 4.69) is 5.32 Å². The quantitative estimate of drug-likeness (QED) is 0.866. The Balaban J connectivity index is 2.14. The van der Waals surface area contributed by atoms with Gasteiger partial charge in [0, 0.05) is 13.1 Å². The zero-order valence-corrected chi connectivity index (χ0v) is 12.6. The van der Waals surface area contributed by atoms with Crippen molar-refractivity contribution in [1.29, 1.82) is 0 Å². The van der Waals surface area contributed by atoms with Gasteiger partial charge in [0.1, 0.15) is 17.3 Å². The van der Waals surface area contributed by atoms with Gasteiger partial charge in [-0.15, -0.1) is 0 Å². The van der Waals surface area contributed by atoms with Crippen LogP contribution < -0.4 is 10.0 Å². The van der Waals surface area contributed by atoms with Gasteiger partial charge in [0.25, 0.3) is 0 Å². The second-order valence-electron chi connectivity index (χ2n) is 5.13. The maximum atomic E-state index is 13.5. The van der Waals surface area contributed by atoms with Crippen molar-refractivity contribution in [2.75, 3.05) is 31.4 Å². The smallest absolute Gasteiger partial charge is 0.301 e. The minimum absolute atomic E-state index is 0.200. The van der Waals surface area contributed by atoms with Crippen LogP contribution in [0.5, 0.6) is 0 Å². The molecule has 21 heavy (non-hydrogen) atoms. The summed E-state index contributed by atoms with van der Waals surface area (Å²) in [5.74, 6) is -1.66. The third-order valence-corrected chi connectivity index (χ3v) is 4.98. The van der Waals surface area contributed by atoms with Crippen molar-refractivity contribution in [3.05, 3.63) is 29.8 Å². The molecular formula is C13H19F2N3O2S. The molecule has 1 saturated heterocycles. The van der Waals surface area contributed by atoms with E-state index in [1.807, 2.05) is 4.72 Å². The lowest BCUT2D eigenvalue weighted by molar-refractivity contribution is 0.264. The number of hydrogen-bond donors (Lipinski definition) is 2. The SMILES string of the molecule is CNCC1CCCN(S(=O)(=O)Nc2c(F)cccc2F)C1. The molecule has 0 bridgehead atoms. The average molecular weight is 319 g/mol. The van der Waals surface area contributed by atoms with Gasteiger partial charge < -0.3 is 5.32 Å². The van der Waals surface area contributed by atoms with Crippen LogP contribution in [-0.2, 0) is 10.2 Å². The zero-order chi connectivity index (χ0) is 15.5. The number of piperidine rings is 1. The first kappa shape index (κ1) is 16.1. The van der Waals surface area contributed by atoms with Crippen LogP contribution in [0.15, 0.2) is 18.2 Å². The largest absolute Gasteiger partial charge is 0.319 e. The van der Waals surface area contributed by atoms with Crippen LogP contribution in [0.1, 0.15) is 12.8 Å². The molecule has 2 N–H and O–H groups in total. The molecule has 0 aliphatic carbocycles. The van der Waals surface area contributed by atoms with Crippen LogP contribution >= 0.6 is 0 Å². The summed E-state index contributed by atoms with van der Waals surface area (Å²) in [5, 5.41) is 3.02. The second-order valence-corrected chi connectivity index (χ2v) is 6.80. The van der Waals surface area contributed by atoms with Gasteiger partial charge in [0.2, 0.25) is 0 Å². The lowest BCUT2D eigenvalue weighted by Crippen LogP contribution is -2.45. The molecule has 1 unspecified atom stereocenters. The molecule has 1 aliphatic heterocycles. The number of benzene rings is 1. The molecule has 0 amide bonds. The van der Waals surface area contributed by atoms with E-state index >= 15 is 0 Å². The summed E-state index contributed by atoms with van der Waals surface area (Å²) in [4.78, 5) is 0. The lowest BCUT2D eigenvalue weighted by Gasteiger charge is -2.31. The minimum atomic E-state index is -3.96. The van der Waals surface area contributed by atoms with E-state index in [0.717, 1.165) is 25.0 Å². The van der Waals surface area contributed by atoms with Crippen LogP contribution in [0, 0.1) is 17.6 Å². The third-order valence-electron chi connectivity index (χ3n) is 3.51. The summed E-state index contributed by atoms with van der Waals surface area (Å²) in [6.45, 7) is 1.40. The molecule has 0 radical (unpaired) electrons. The van der Waals surface area contributed by atoms with Crippen LogP contribution in [-0.4, -0.2) is 39.4 Å². The van der Waals surface area contributed by atoms with E-state index in [0.29, 0.717) is 19.6 Å². The number of nitrogens with one attached hydrogen (secondary N) is 2. The fraction of sp³-hybridized carbons (Fsp3) is 0.538.